The molecule has 6 nitrogen and oxygen atoms in total. The zero-order valence-electron chi connectivity index (χ0n) is 15.5. The molecule has 0 aromatic heterocycles. The Morgan fingerprint density at radius 3 is 2.65 bits per heavy atom. The van der Waals surface area contributed by atoms with Crippen LogP contribution in [-0.2, 0) is 9.53 Å². The summed E-state index contributed by atoms with van der Waals surface area (Å²) >= 11 is 0. The third kappa shape index (κ3) is 6.41. The van der Waals surface area contributed by atoms with Gasteiger partial charge in [-0.2, -0.15) is 5.26 Å². The van der Waals surface area contributed by atoms with Gasteiger partial charge in [-0.1, -0.05) is 0 Å². The molecule has 26 heavy (non-hydrogen) atoms. The second-order valence-electron chi connectivity index (χ2n) is 6.22. The number of benzene rings is 1. The van der Waals surface area contributed by atoms with Crippen molar-refractivity contribution in [1.82, 2.24) is 5.32 Å². The summed E-state index contributed by atoms with van der Waals surface area (Å²) in [5, 5.41) is 14.9. The van der Waals surface area contributed by atoms with Gasteiger partial charge in [-0.05, 0) is 56.9 Å². The number of anilines is 2. The highest BCUT2D eigenvalue weighted by molar-refractivity contribution is 5.97. The molecule has 1 aromatic carbocycles. The Morgan fingerprint density at radius 2 is 2.00 bits per heavy atom. The molecule has 0 atom stereocenters. The van der Waals surface area contributed by atoms with Crippen LogP contribution >= 0.6 is 0 Å². The van der Waals surface area contributed by atoms with Gasteiger partial charge in [-0.25, -0.2) is 0 Å². The fraction of sp³-hybridized carbons (Fsp3) is 0.500. The van der Waals surface area contributed by atoms with E-state index in [1.54, 1.807) is 0 Å². The van der Waals surface area contributed by atoms with Crippen LogP contribution in [0.4, 0.5) is 11.4 Å². The molecule has 6 heteroatoms. The lowest BCUT2D eigenvalue weighted by Gasteiger charge is -2.28. The average molecular weight is 356 g/mol. The normalized spacial score (nSPS) is 14.6. The Hall–Kier alpha value is -2.52. The summed E-state index contributed by atoms with van der Waals surface area (Å²) in [5.74, 6) is -0.374. The summed E-state index contributed by atoms with van der Waals surface area (Å²) in [6.45, 7) is 5.90. The van der Waals surface area contributed by atoms with Crippen LogP contribution in [0.1, 0.15) is 32.6 Å². The maximum Gasteiger partial charge on any atom is 0.263 e. The van der Waals surface area contributed by atoms with E-state index in [2.05, 4.69) is 27.7 Å². The third-order valence-corrected chi connectivity index (χ3v) is 4.29. The molecule has 0 saturated carbocycles. The highest BCUT2D eigenvalue weighted by Crippen LogP contribution is 2.21. The predicted octanol–water partition coefficient (Wildman–Crippen LogP) is 3.04. The molecule has 2 N–H and O–H groups in total. The molecule has 2 rings (SSSR count). The largest absolute Gasteiger partial charge is 0.382 e. The molecule has 1 aliphatic rings. The predicted molar refractivity (Wildman–Crippen MR) is 104 cm³/mol. The maximum absolute atomic E-state index is 12.0. The zero-order chi connectivity index (χ0) is 18.6. The van der Waals surface area contributed by atoms with Crippen molar-refractivity contribution < 1.29 is 9.53 Å². The number of nitrogens with one attached hydrogen (secondary N) is 2. The number of rotatable bonds is 9. The smallest absolute Gasteiger partial charge is 0.263 e. The molecule has 0 spiro atoms. The van der Waals surface area contributed by atoms with Crippen molar-refractivity contribution in [3.63, 3.8) is 0 Å². The van der Waals surface area contributed by atoms with Crippen molar-refractivity contribution in [3.8, 4) is 6.07 Å². The van der Waals surface area contributed by atoms with Crippen LogP contribution < -0.4 is 15.5 Å². The van der Waals surface area contributed by atoms with Crippen LogP contribution in [0.5, 0.6) is 0 Å². The Balaban J connectivity index is 1.83. The maximum atomic E-state index is 12.0. The first-order valence-electron chi connectivity index (χ1n) is 9.32. The Bertz CT molecular complexity index is 628. The number of amides is 1. The third-order valence-electron chi connectivity index (χ3n) is 4.29. The summed E-state index contributed by atoms with van der Waals surface area (Å²) in [6, 6.07) is 10.0. The standard InChI is InChI=1S/C20H28N4O2/c1-2-26-14-6-11-22-20(25)17(15-21)16-23-18-7-9-19(10-8-18)24-12-4-3-5-13-24/h7-10,16,23H,2-6,11-14H2,1H3,(H,22,25)/b17-16-. The topological polar surface area (TPSA) is 77.4 Å². The van der Waals surface area contributed by atoms with Crippen molar-refractivity contribution in [2.45, 2.75) is 32.6 Å². The van der Waals surface area contributed by atoms with Gasteiger partial charge in [0.2, 0.25) is 0 Å². The number of carbonyl (C=O) groups excluding carboxylic acids is 1. The van der Waals surface area contributed by atoms with E-state index in [-0.39, 0.29) is 11.5 Å². The van der Waals surface area contributed by atoms with Crippen molar-refractivity contribution >= 4 is 17.3 Å². The molecule has 1 heterocycles. The van der Waals surface area contributed by atoms with Crippen LogP contribution in [-0.4, -0.2) is 38.8 Å². The lowest BCUT2D eigenvalue weighted by Crippen LogP contribution is -2.29. The first kappa shape index (κ1) is 19.8. The minimum atomic E-state index is -0.374. The van der Waals surface area contributed by atoms with Crippen LogP contribution in [0, 0.1) is 11.3 Å². The van der Waals surface area contributed by atoms with Gasteiger partial charge in [0, 0.05) is 50.4 Å². The van der Waals surface area contributed by atoms with E-state index in [1.807, 2.05) is 25.1 Å². The summed E-state index contributed by atoms with van der Waals surface area (Å²) in [4.78, 5) is 14.4. The second-order valence-corrected chi connectivity index (χ2v) is 6.22. The number of nitrogens with zero attached hydrogens (tertiary/aromatic N) is 2. The molecule has 140 valence electrons. The average Bonchev–Trinajstić information content (AvgIpc) is 2.69. The number of piperidine rings is 1. The summed E-state index contributed by atoms with van der Waals surface area (Å²) < 4.78 is 5.21. The number of hydrogen-bond acceptors (Lipinski definition) is 5. The fourth-order valence-corrected chi connectivity index (χ4v) is 2.84. The van der Waals surface area contributed by atoms with Crippen molar-refractivity contribution in [2.24, 2.45) is 0 Å². The van der Waals surface area contributed by atoms with Crippen molar-refractivity contribution in [1.29, 1.82) is 5.26 Å². The highest BCUT2D eigenvalue weighted by atomic mass is 16.5. The number of ether oxygens (including phenoxy) is 1. The van der Waals surface area contributed by atoms with Gasteiger partial charge < -0.3 is 20.3 Å². The lowest BCUT2D eigenvalue weighted by molar-refractivity contribution is -0.117. The monoisotopic (exact) mass is 356 g/mol. The SMILES string of the molecule is CCOCCCNC(=O)/C(C#N)=C\Nc1ccc(N2CCCCC2)cc1. The van der Waals surface area contributed by atoms with Gasteiger partial charge in [-0.15, -0.1) is 0 Å². The van der Waals surface area contributed by atoms with Gasteiger partial charge in [0.05, 0.1) is 0 Å². The molecule has 1 amide bonds. The molecule has 0 bridgehead atoms. The van der Waals surface area contributed by atoms with Crippen LogP contribution in [0.3, 0.4) is 0 Å². The fourth-order valence-electron chi connectivity index (χ4n) is 2.84. The number of hydrogen-bond donors (Lipinski definition) is 2. The summed E-state index contributed by atoms with van der Waals surface area (Å²) in [7, 11) is 0. The van der Waals surface area contributed by atoms with E-state index in [1.165, 1.54) is 31.1 Å². The first-order valence-corrected chi connectivity index (χ1v) is 9.32. The van der Waals surface area contributed by atoms with Gasteiger partial charge in [-0.3, -0.25) is 4.79 Å². The molecule has 0 radical (unpaired) electrons. The molecule has 0 aliphatic carbocycles. The molecule has 0 unspecified atom stereocenters. The van der Waals surface area contributed by atoms with E-state index in [9.17, 15) is 10.1 Å². The van der Waals surface area contributed by atoms with Gasteiger partial charge in [0.1, 0.15) is 11.6 Å². The van der Waals surface area contributed by atoms with E-state index >= 15 is 0 Å². The second kappa shape index (κ2) is 11.2. The van der Waals surface area contributed by atoms with Crippen molar-refractivity contribution in [3.05, 3.63) is 36.0 Å². The van der Waals surface area contributed by atoms with Gasteiger partial charge in [0.15, 0.2) is 0 Å². The molecular weight excluding hydrogens is 328 g/mol. The Kier molecular flexibility index (Phi) is 8.50. The lowest BCUT2D eigenvalue weighted by atomic mass is 10.1. The summed E-state index contributed by atoms with van der Waals surface area (Å²) in [5.41, 5.74) is 2.12. The van der Waals surface area contributed by atoms with E-state index < -0.39 is 0 Å². The quantitative estimate of drug-likeness (QED) is 0.404. The van der Waals surface area contributed by atoms with E-state index in [0.717, 1.165) is 25.2 Å². The Morgan fingerprint density at radius 1 is 1.27 bits per heavy atom. The summed E-state index contributed by atoms with van der Waals surface area (Å²) in [6.07, 6.45) is 5.98. The zero-order valence-corrected chi connectivity index (χ0v) is 15.5. The highest BCUT2D eigenvalue weighted by Gasteiger charge is 2.11. The minimum absolute atomic E-state index is 0.0570. The molecule has 1 fully saturated rings. The van der Waals surface area contributed by atoms with E-state index in [0.29, 0.717) is 19.8 Å². The molecular formula is C20H28N4O2. The Labute approximate surface area is 155 Å². The molecule has 1 aliphatic heterocycles. The molecule has 1 aromatic rings. The van der Waals surface area contributed by atoms with Crippen molar-refractivity contribution in [2.75, 3.05) is 43.1 Å². The van der Waals surface area contributed by atoms with Crippen LogP contribution in [0.2, 0.25) is 0 Å². The van der Waals surface area contributed by atoms with Gasteiger partial charge >= 0.3 is 0 Å². The van der Waals surface area contributed by atoms with Crippen LogP contribution in [0.25, 0.3) is 0 Å². The van der Waals surface area contributed by atoms with E-state index in [4.69, 9.17) is 4.74 Å². The first-order chi connectivity index (χ1) is 12.7. The number of nitriles is 1. The minimum Gasteiger partial charge on any atom is -0.382 e. The molecule has 1 saturated heterocycles. The number of carbonyl (C=O) groups is 1. The van der Waals surface area contributed by atoms with Crippen LogP contribution in [0.15, 0.2) is 36.0 Å². The van der Waals surface area contributed by atoms with Gasteiger partial charge in [0.25, 0.3) is 5.91 Å².